The fraction of sp³-hybridized carbons (Fsp3) is 0.300. The van der Waals surface area contributed by atoms with E-state index in [0.717, 1.165) is 12.8 Å². The van der Waals surface area contributed by atoms with Crippen LogP contribution in [0, 0.1) is 5.82 Å². The maximum atomic E-state index is 14.1. The summed E-state index contributed by atoms with van der Waals surface area (Å²) in [5, 5.41) is 5.98. The van der Waals surface area contributed by atoms with Crippen molar-refractivity contribution >= 4 is 29.3 Å². The first kappa shape index (κ1) is 19.1. The summed E-state index contributed by atoms with van der Waals surface area (Å²) in [6, 6.07) is 4.54. The molecule has 1 aromatic rings. The first-order chi connectivity index (χ1) is 12.0. The lowest BCUT2D eigenvalue weighted by molar-refractivity contribution is -0.115. The summed E-state index contributed by atoms with van der Waals surface area (Å²) in [4.78, 5) is 12.7. The molecule has 0 unspecified atom stereocenters. The number of allylic oxidation sites excluding steroid dienone is 3. The molecule has 0 atom stereocenters. The molecular weight excluding hydrogens is 339 g/mol. The molecule has 1 aliphatic rings. The van der Waals surface area contributed by atoms with E-state index in [1.165, 1.54) is 12.1 Å². The number of hydrogen-bond donors (Lipinski definition) is 0. The van der Waals surface area contributed by atoms with Gasteiger partial charge in [0.15, 0.2) is 5.78 Å². The van der Waals surface area contributed by atoms with Gasteiger partial charge in [0.05, 0.1) is 16.4 Å². The minimum atomic E-state index is -0.530. The van der Waals surface area contributed by atoms with E-state index in [0.29, 0.717) is 35.4 Å². The average Bonchev–Trinajstić information content (AvgIpc) is 2.59. The number of Topliss-reactive ketones (excluding diaryl/α,β-unsaturated/α-hetero) is 1. The molecule has 0 N–H and O–H groups in total. The molecule has 25 heavy (non-hydrogen) atoms. The van der Waals surface area contributed by atoms with Gasteiger partial charge in [-0.2, -0.15) is 5.10 Å². The third-order valence-electron chi connectivity index (χ3n) is 3.83. The third kappa shape index (κ3) is 4.45. The van der Waals surface area contributed by atoms with Gasteiger partial charge in [0.25, 0.3) is 0 Å². The topological polar surface area (TPSA) is 32.7 Å². The number of ketones is 1. The summed E-state index contributed by atoms with van der Waals surface area (Å²) in [6.07, 6.45) is 7.76. The Morgan fingerprint density at radius 2 is 2.00 bits per heavy atom. The van der Waals surface area contributed by atoms with Gasteiger partial charge in [0, 0.05) is 23.8 Å². The lowest BCUT2D eigenvalue weighted by Crippen LogP contribution is -2.20. The molecule has 0 bridgehead atoms. The maximum absolute atomic E-state index is 14.1. The van der Waals surface area contributed by atoms with Crippen LogP contribution in [0.3, 0.4) is 0 Å². The zero-order chi connectivity index (χ0) is 18.4. The monoisotopic (exact) mass is 360 g/mol. The van der Waals surface area contributed by atoms with Crippen molar-refractivity contribution in [2.75, 3.05) is 0 Å². The van der Waals surface area contributed by atoms with E-state index in [4.69, 9.17) is 11.6 Å². The van der Waals surface area contributed by atoms with Crippen molar-refractivity contribution in [2.45, 2.75) is 39.5 Å². The molecule has 0 saturated carbocycles. The van der Waals surface area contributed by atoms with Gasteiger partial charge in [-0.1, -0.05) is 44.5 Å². The van der Waals surface area contributed by atoms with E-state index in [2.05, 4.69) is 11.7 Å². The van der Waals surface area contributed by atoms with E-state index >= 15 is 0 Å². The molecule has 1 heterocycles. The van der Waals surface area contributed by atoms with Crippen molar-refractivity contribution < 1.29 is 9.18 Å². The van der Waals surface area contributed by atoms with E-state index in [-0.39, 0.29) is 10.8 Å². The SMILES string of the molecule is C=C1C=CC=NN1/C(=C(\CCC)C(=O)CCC)c1ccc(Cl)c(F)c1. The molecule has 132 valence electrons. The van der Waals surface area contributed by atoms with Gasteiger partial charge in [-0.3, -0.25) is 4.79 Å². The zero-order valence-corrected chi connectivity index (χ0v) is 15.3. The number of halogens is 2. The number of nitrogens with zero attached hydrogens (tertiary/aromatic N) is 2. The lowest BCUT2D eigenvalue weighted by Gasteiger charge is -2.27. The molecule has 0 spiro atoms. The van der Waals surface area contributed by atoms with E-state index in [1.807, 2.05) is 13.8 Å². The second kappa shape index (κ2) is 8.77. The van der Waals surface area contributed by atoms with Crippen molar-refractivity contribution in [1.82, 2.24) is 5.01 Å². The highest BCUT2D eigenvalue weighted by atomic mass is 35.5. The fourth-order valence-corrected chi connectivity index (χ4v) is 2.81. The Hall–Kier alpha value is -2.20. The quantitative estimate of drug-likeness (QED) is 0.581. The average molecular weight is 361 g/mol. The minimum Gasteiger partial charge on any atom is -0.294 e. The minimum absolute atomic E-state index is 0.0425. The van der Waals surface area contributed by atoms with Crippen LogP contribution < -0.4 is 0 Å². The number of benzene rings is 1. The number of hydrazone groups is 1. The molecule has 1 aliphatic heterocycles. The van der Waals surface area contributed by atoms with Gasteiger partial charge in [-0.15, -0.1) is 0 Å². The molecule has 0 aromatic heterocycles. The lowest BCUT2D eigenvalue weighted by atomic mass is 9.96. The van der Waals surface area contributed by atoms with Crippen LogP contribution in [0.2, 0.25) is 5.02 Å². The van der Waals surface area contributed by atoms with Crippen LogP contribution in [0.4, 0.5) is 4.39 Å². The van der Waals surface area contributed by atoms with Gasteiger partial charge >= 0.3 is 0 Å². The Bertz CT molecular complexity index is 765. The van der Waals surface area contributed by atoms with Crippen LogP contribution in [0.1, 0.15) is 45.1 Å². The first-order valence-electron chi connectivity index (χ1n) is 8.41. The van der Waals surface area contributed by atoms with Gasteiger partial charge in [-0.25, -0.2) is 9.40 Å². The largest absolute Gasteiger partial charge is 0.294 e. The Kier molecular flexibility index (Phi) is 6.71. The highest BCUT2D eigenvalue weighted by Gasteiger charge is 2.23. The highest BCUT2D eigenvalue weighted by Crippen LogP contribution is 2.33. The Morgan fingerprint density at radius 3 is 2.60 bits per heavy atom. The first-order valence-corrected chi connectivity index (χ1v) is 8.78. The highest BCUT2D eigenvalue weighted by molar-refractivity contribution is 6.30. The van der Waals surface area contributed by atoms with Crippen molar-refractivity contribution in [3.8, 4) is 0 Å². The summed E-state index contributed by atoms with van der Waals surface area (Å²) in [5.41, 5.74) is 2.38. The summed E-state index contributed by atoms with van der Waals surface area (Å²) >= 11 is 5.82. The van der Waals surface area contributed by atoms with Crippen LogP contribution in [-0.2, 0) is 4.79 Å². The van der Waals surface area contributed by atoms with Gasteiger partial charge in [-0.05, 0) is 37.1 Å². The third-order valence-corrected chi connectivity index (χ3v) is 4.14. The Labute approximate surface area is 153 Å². The van der Waals surface area contributed by atoms with E-state index in [1.54, 1.807) is 29.4 Å². The van der Waals surface area contributed by atoms with Crippen LogP contribution in [-0.4, -0.2) is 17.0 Å². The number of rotatable bonds is 7. The van der Waals surface area contributed by atoms with Crippen LogP contribution in [0.5, 0.6) is 0 Å². The van der Waals surface area contributed by atoms with Gasteiger partial charge < -0.3 is 0 Å². The fourth-order valence-electron chi connectivity index (χ4n) is 2.69. The van der Waals surface area contributed by atoms with Crippen LogP contribution in [0.15, 0.2) is 53.3 Å². The normalized spacial score (nSPS) is 14.7. The van der Waals surface area contributed by atoms with Crippen molar-refractivity contribution in [1.29, 1.82) is 0 Å². The number of hydrogen-bond acceptors (Lipinski definition) is 3. The standard InChI is InChI=1S/C20H22ClFN2O/c1-4-7-16(19(25)8-5-2)20(24-14(3)9-6-12-23-24)15-10-11-17(21)18(22)13-15/h6,9-13H,3-5,7-8H2,1-2H3/b20-16+. The molecule has 3 nitrogen and oxygen atoms in total. The molecular formula is C20H22ClFN2O. The predicted molar refractivity (Wildman–Crippen MR) is 102 cm³/mol. The molecule has 0 amide bonds. The van der Waals surface area contributed by atoms with E-state index < -0.39 is 5.82 Å². The smallest absolute Gasteiger partial charge is 0.161 e. The summed E-state index contributed by atoms with van der Waals surface area (Å²) in [5.74, 6) is -0.482. The summed E-state index contributed by atoms with van der Waals surface area (Å²) in [6.45, 7) is 7.96. The summed E-state index contributed by atoms with van der Waals surface area (Å²) in [7, 11) is 0. The molecule has 0 fully saturated rings. The zero-order valence-electron chi connectivity index (χ0n) is 14.6. The summed E-state index contributed by atoms with van der Waals surface area (Å²) < 4.78 is 14.1. The van der Waals surface area contributed by atoms with Crippen molar-refractivity contribution in [2.24, 2.45) is 5.10 Å². The molecule has 2 rings (SSSR count). The Morgan fingerprint density at radius 1 is 1.28 bits per heavy atom. The van der Waals surface area contributed by atoms with Crippen molar-refractivity contribution in [3.05, 3.63) is 64.6 Å². The molecule has 0 saturated heterocycles. The Balaban J connectivity index is 2.68. The van der Waals surface area contributed by atoms with Crippen molar-refractivity contribution in [3.63, 3.8) is 0 Å². The predicted octanol–water partition coefficient (Wildman–Crippen LogP) is 5.73. The molecule has 1 aromatic carbocycles. The molecule has 5 heteroatoms. The number of carbonyl (C=O) groups is 1. The second-order valence-corrected chi connectivity index (χ2v) is 6.21. The van der Waals surface area contributed by atoms with E-state index in [9.17, 15) is 9.18 Å². The molecule has 0 aliphatic carbocycles. The second-order valence-electron chi connectivity index (χ2n) is 5.81. The van der Waals surface area contributed by atoms with Crippen LogP contribution >= 0.6 is 11.6 Å². The van der Waals surface area contributed by atoms with Gasteiger partial charge in [0.1, 0.15) is 5.82 Å². The molecule has 0 radical (unpaired) electrons. The maximum Gasteiger partial charge on any atom is 0.161 e. The van der Waals surface area contributed by atoms with Crippen LogP contribution in [0.25, 0.3) is 5.70 Å². The van der Waals surface area contributed by atoms with Gasteiger partial charge in [0.2, 0.25) is 0 Å². The number of carbonyl (C=O) groups excluding carboxylic acids is 1.